The number of hydrogen-bond acceptors (Lipinski definition) is 4. The van der Waals surface area contributed by atoms with Gasteiger partial charge in [0, 0.05) is 13.7 Å². The highest BCUT2D eigenvalue weighted by Crippen LogP contribution is 2.36. The van der Waals surface area contributed by atoms with Crippen LogP contribution in [0.25, 0.3) is 12.2 Å². The molecule has 0 spiro atoms. The third-order valence-corrected chi connectivity index (χ3v) is 6.67. The van der Waals surface area contributed by atoms with Crippen LogP contribution in [0.4, 0.5) is 0 Å². The predicted molar refractivity (Wildman–Crippen MR) is 134 cm³/mol. The molecule has 2 aromatic rings. The highest BCUT2D eigenvalue weighted by molar-refractivity contribution is 5.79. The van der Waals surface area contributed by atoms with Gasteiger partial charge in [0.15, 0.2) is 6.79 Å². The minimum Gasteiger partial charge on any atom is -0.491 e. The maximum absolute atomic E-state index is 6.04. The van der Waals surface area contributed by atoms with Crippen LogP contribution in [0.5, 0.6) is 11.5 Å². The number of benzene rings is 2. The average Bonchev–Trinajstić information content (AvgIpc) is 2.77. The molecule has 4 nitrogen and oxygen atoms in total. The van der Waals surface area contributed by atoms with Gasteiger partial charge in [0.25, 0.3) is 0 Å². The molecule has 176 valence electrons. The minimum atomic E-state index is 0.280. The third kappa shape index (κ3) is 5.36. The smallest absolute Gasteiger partial charge is 0.189 e. The van der Waals surface area contributed by atoms with Crippen molar-refractivity contribution < 1.29 is 18.9 Å². The normalized spacial score (nSPS) is 11.4. The predicted octanol–water partition coefficient (Wildman–Crippen LogP) is 6.72. The largest absolute Gasteiger partial charge is 0.491 e. The summed E-state index contributed by atoms with van der Waals surface area (Å²) in [7, 11) is 1.69. The lowest BCUT2D eigenvalue weighted by molar-refractivity contribution is 0.0215. The zero-order valence-electron chi connectivity index (χ0n) is 21.6. The summed E-state index contributed by atoms with van der Waals surface area (Å²) in [5, 5.41) is 0. The van der Waals surface area contributed by atoms with Gasteiger partial charge in [-0.15, -0.1) is 0 Å². The second kappa shape index (κ2) is 11.5. The zero-order valence-corrected chi connectivity index (χ0v) is 21.6. The average molecular weight is 441 g/mol. The zero-order chi connectivity index (χ0) is 24.0. The van der Waals surface area contributed by atoms with Gasteiger partial charge in [-0.05, 0) is 118 Å². The first-order valence-corrected chi connectivity index (χ1v) is 11.4. The van der Waals surface area contributed by atoms with Crippen molar-refractivity contribution in [3.63, 3.8) is 0 Å². The molecule has 0 aliphatic rings. The molecule has 2 aromatic carbocycles. The Balaban J connectivity index is 2.47. The molecule has 0 aromatic heterocycles. The van der Waals surface area contributed by atoms with E-state index < -0.39 is 0 Å². The maximum Gasteiger partial charge on any atom is 0.189 e. The van der Waals surface area contributed by atoms with Gasteiger partial charge >= 0.3 is 0 Å². The van der Waals surface area contributed by atoms with Crippen LogP contribution < -0.4 is 9.47 Å². The molecule has 0 N–H and O–H groups in total. The topological polar surface area (TPSA) is 36.9 Å². The molecule has 0 saturated carbocycles. The Morgan fingerprint density at radius 2 is 0.969 bits per heavy atom. The molecule has 0 heterocycles. The van der Waals surface area contributed by atoms with E-state index in [1.54, 1.807) is 7.11 Å². The lowest BCUT2D eigenvalue weighted by Gasteiger charge is -2.21. The second-order valence-electron chi connectivity index (χ2n) is 8.42. The Hall–Kier alpha value is -2.30. The van der Waals surface area contributed by atoms with Crippen molar-refractivity contribution in [3.8, 4) is 11.5 Å². The second-order valence-corrected chi connectivity index (χ2v) is 8.42. The van der Waals surface area contributed by atoms with Crippen LogP contribution in [0, 0.1) is 55.4 Å². The van der Waals surface area contributed by atoms with Crippen LogP contribution in [0.3, 0.4) is 0 Å². The van der Waals surface area contributed by atoms with Gasteiger partial charge in [-0.2, -0.15) is 0 Å². The van der Waals surface area contributed by atoms with Crippen LogP contribution in [-0.2, 0) is 9.47 Å². The van der Waals surface area contributed by atoms with Crippen molar-refractivity contribution >= 4 is 12.2 Å². The summed E-state index contributed by atoms with van der Waals surface area (Å²) in [6, 6.07) is 0. The molecule has 0 bridgehead atoms. The van der Waals surface area contributed by atoms with Crippen LogP contribution in [-0.4, -0.2) is 33.7 Å². The first-order chi connectivity index (χ1) is 15.2. The summed E-state index contributed by atoms with van der Waals surface area (Å²) in [6.45, 7) is 21.2. The fourth-order valence-electron chi connectivity index (χ4n) is 4.12. The highest BCUT2D eigenvalue weighted by Gasteiger charge is 2.17. The summed E-state index contributed by atoms with van der Waals surface area (Å²) in [5.74, 6) is 1.91. The molecule has 2 rings (SSSR count). The fourth-order valence-corrected chi connectivity index (χ4v) is 4.12. The minimum absolute atomic E-state index is 0.280. The summed E-state index contributed by atoms with van der Waals surface area (Å²) < 4.78 is 22.5. The molecule has 32 heavy (non-hydrogen) atoms. The molecule has 0 atom stereocenters. The van der Waals surface area contributed by atoms with Crippen LogP contribution in [0.1, 0.15) is 62.6 Å². The molecule has 0 saturated heterocycles. The van der Waals surface area contributed by atoms with Gasteiger partial charge < -0.3 is 18.9 Å². The van der Waals surface area contributed by atoms with Gasteiger partial charge in [-0.3, -0.25) is 0 Å². The van der Waals surface area contributed by atoms with Gasteiger partial charge in [0.1, 0.15) is 18.1 Å². The van der Waals surface area contributed by atoms with E-state index in [0.29, 0.717) is 19.8 Å². The quantitative estimate of drug-likeness (QED) is 0.233. The molecule has 0 unspecified atom stereocenters. The van der Waals surface area contributed by atoms with E-state index in [9.17, 15) is 0 Å². The van der Waals surface area contributed by atoms with Crippen LogP contribution in [0.2, 0.25) is 0 Å². The highest BCUT2D eigenvalue weighted by atomic mass is 16.7. The van der Waals surface area contributed by atoms with Crippen LogP contribution >= 0.6 is 0 Å². The molecule has 0 amide bonds. The van der Waals surface area contributed by atoms with E-state index in [2.05, 4.69) is 67.5 Å². The van der Waals surface area contributed by atoms with E-state index in [4.69, 9.17) is 18.9 Å². The van der Waals surface area contributed by atoms with Gasteiger partial charge in [0.05, 0.1) is 6.61 Å². The molecule has 4 heteroatoms. The summed E-state index contributed by atoms with van der Waals surface area (Å²) in [4.78, 5) is 0. The van der Waals surface area contributed by atoms with E-state index in [0.717, 1.165) is 22.6 Å². The molecular formula is C28H40O4. The number of ether oxygens (including phenoxy) is 4. The standard InChI is InChI=1S/C28H40O4/c1-11-30-16-32-28-23(8)19(4)26(20(5)24(28)9)13-12-25-17(2)21(6)27(22(7)18(25)3)31-15-14-29-10/h12-13H,11,14-16H2,1-10H3/b13-12+. The monoisotopic (exact) mass is 440 g/mol. The Morgan fingerprint density at radius 3 is 1.34 bits per heavy atom. The lowest BCUT2D eigenvalue weighted by atomic mass is 9.90. The van der Waals surface area contributed by atoms with Crippen molar-refractivity contribution in [1.29, 1.82) is 0 Å². The lowest BCUT2D eigenvalue weighted by Crippen LogP contribution is -2.09. The Bertz CT molecular complexity index is 848. The first kappa shape index (κ1) is 26.0. The van der Waals surface area contributed by atoms with Crippen molar-refractivity contribution in [1.82, 2.24) is 0 Å². The Kier molecular flexibility index (Phi) is 9.35. The number of methoxy groups -OCH3 is 1. The molecule has 0 fully saturated rings. The molecular weight excluding hydrogens is 400 g/mol. The van der Waals surface area contributed by atoms with E-state index in [1.165, 1.54) is 44.5 Å². The molecule has 0 radical (unpaired) electrons. The van der Waals surface area contributed by atoms with Crippen molar-refractivity contribution in [2.75, 3.05) is 33.7 Å². The van der Waals surface area contributed by atoms with Crippen molar-refractivity contribution in [2.24, 2.45) is 0 Å². The summed E-state index contributed by atoms with van der Waals surface area (Å²) in [6.07, 6.45) is 4.50. The van der Waals surface area contributed by atoms with Crippen LogP contribution in [0.15, 0.2) is 0 Å². The van der Waals surface area contributed by atoms with E-state index in [-0.39, 0.29) is 6.79 Å². The van der Waals surface area contributed by atoms with E-state index in [1.807, 2.05) is 6.92 Å². The number of rotatable bonds is 10. The molecule has 0 aliphatic carbocycles. The Labute approximate surface area is 194 Å². The maximum atomic E-state index is 6.04. The first-order valence-electron chi connectivity index (χ1n) is 11.4. The van der Waals surface area contributed by atoms with E-state index >= 15 is 0 Å². The summed E-state index contributed by atoms with van der Waals surface area (Å²) >= 11 is 0. The third-order valence-electron chi connectivity index (χ3n) is 6.67. The number of hydrogen-bond donors (Lipinski definition) is 0. The summed E-state index contributed by atoms with van der Waals surface area (Å²) in [5.41, 5.74) is 12.2. The molecule has 0 aliphatic heterocycles. The fraction of sp³-hybridized carbons (Fsp3) is 0.500. The van der Waals surface area contributed by atoms with Crippen molar-refractivity contribution in [2.45, 2.75) is 62.3 Å². The van der Waals surface area contributed by atoms with Gasteiger partial charge in [0.2, 0.25) is 0 Å². The SMILES string of the molecule is CCOCOc1c(C)c(C)c(/C=C/c2c(C)c(C)c(OCCOC)c(C)c2C)c(C)c1C. The Morgan fingerprint density at radius 1 is 0.562 bits per heavy atom. The van der Waals surface area contributed by atoms with Crippen molar-refractivity contribution in [3.05, 3.63) is 55.6 Å². The van der Waals surface area contributed by atoms with Gasteiger partial charge in [-0.1, -0.05) is 12.2 Å². The van der Waals surface area contributed by atoms with Gasteiger partial charge in [-0.25, -0.2) is 0 Å².